The van der Waals surface area contributed by atoms with E-state index < -0.39 is 0 Å². The molecule has 0 aliphatic rings. The van der Waals surface area contributed by atoms with Crippen LogP contribution in [0.1, 0.15) is 39.5 Å². The number of likely N-dealkylation sites (N-methyl/N-ethyl adjacent to an activating group) is 1. The number of aliphatic hydroxyl groups excluding tert-OH is 1. The summed E-state index contributed by atoms with van der Waals surface area (Å²) in [6.07, 6.45) is 4.66. The van der Waals surface area contributed by atoms with Crippen molar-refractivity contribution in [2.75, 3.05) is 19.7 Å². The first-order valence-corrected chi connectivity index (χ1v) is 5.14. The van der Waals surface area contributed by atoms with E-state index in [0.717, 1.165) is 13.0 Å². The molecule has 0 aromatic heterocycles. The van der Waals surface area contributed by atoms with Gasteiger partial charge in [0.1, 0.15) is 6.61 Å². The van der Waals surface area contributed by atoms with Gasteiger partial charge in [-0.3, -0.25) is 4.79 Å². The van der Waals surface area contributed by atoms with Gasteiger partial charge in [-0.05, 0) is 13.3 Å². The summed E-state index contributed by atoms with van der Waals surface area (Å²) < 4.78 is 0. The van der Waals surface area contributed by atoms with Gasteiger partial charge in [0.2, 0.25) is 5.91 Å². The highest BCUT2D eigenvalue weighted by Crippen LogP contribution is 2.01. The molecule has 0 atom stereocenters. The lowest BCUT2D eigenvalue weighted by Crippen LogP contribution is -2.33. The summed E-state index contributed by atoms with van der Waals surface area (Å²) in [6.45, 7) is 5.23. The van der Waals surface area contributed by atoms with Gasteiger partial charge >= 0.3 is 0 Å². The lowest BCUT2D eigenvalue weighted by Gasteiger charge is -2.19. The Kier molecular flexibility index (Phi) is 7.69. The van der Waals surface area contributed by atoms with Gasteiger partial charge < -0.3 is 10.0 Å². The minimum Gasteiger partial charge on any atom is -0.387 e. The van der Waals surface area contributed by atoms with Gasteiger partial charge in [-0.1, -0.05) is 26.2 Å². The number of hydrogen-bond acceptors (Lipinski definition) is 2. The van der Waals surface area contributed by atoms with Crippen molar-refractivity contribution in [3.8, 4) is 0 Å². The highest BCUT2D eigenvalue weighted by molar-refractivity contribution is 5.77. The second kappa shape index (κ2) is 8.05. The predicted octanol–water partition coefficient (Wildman–Crippen LogP) is 1.41. The fourth-order valence-electron chi connectivity index (χ4n) is 1.29. The molecule has 0 radical (unpaired) electrons. The number of hydrogen-bond donors (Lipinski definition) is 1. The molecule has 0 rings (SSSR count). The molecule has 1 amide bonds. The van der Waals surface area contributed by atoms with Gasteiger partial charge in [-0.15, -0.1) is 0 Å². The monoisotopic (exact) mass is 187 g/mol. The van der Waals surface area contributed by atoms with Crippen LogP contribution in [0.4, 0.5) is 0 Å². The summed E-state index contributed by atoms with van der Waals surface area (Å²) in [5.74, 6) is -0.154. The van der Waals surface area contributed by atoms with Crippen LogP contribution < -0.4 is 0 Å². The molecule has 0 bridgehead atoms. The number of nitrogens with zero attached hydrogens (tertiary/aromatic N) is 1. The van der Waals surface area contributed by atoms with Crippen molar-refractivity contribution in [1.82, 2.24) is 4.90 Å². The van der Waals surface area contributed by atoms with Gasteiger partial charge in [0.05, 0.1) is 0 Å². The Bertz CT molecular complexity index is 137. The van der Waals surface area contributed by atoms with Crippen LogP contribution in [0.25, 0.3) is 0 Å². The fourth-order valence-corrected chi connectivity index (χ4v) is 1.29. The average molecular weight is 187 g/mol. The summed E-state index contributed by atoms with van der Waals surface area (Å²) in [6, 6.07) is 0. The largest absolute Gasteiger partial charge is 0.387 e. The van der Waals surface area contributed by atoms with Crippen molar-refractivity contribution < 1.29 is 9.90 Å². The molecular weight excluding hydrogens is 166 g/mol. The van der Waals surface area contributed by atoms with Crippen LogP contribution in [-0.2, 0) is 4.79 Å². The molecule has 3 heteroatoms. The van der Waals surface area contributed by atoms with E-state index in [4.69, 9.17) is 5.11 Å². The van der Waals surface area contributed by atoms with E-state index >= 15 is 0 Å². The summed E-state index contributed by atoms with van der Waals surface area (Å²) in [5, 5.41) is 8.65. The summed E-state index contributed by atoms with van der Waals surface area (Å²) in [5.41, 5.74) is 0. The van der Waals surface area contributed by atoms with E-state index in [1.807, 2.05) is 6.92 Å². The first kappa shape index (κ1) is 12.4. The van der Waals surface area contributed by atoms with Crippen LogP contribution >= 0.6 is 0 Å². The summed E-state index contributed by atoms with van der Waals surface area (Å²) in [4.78, 5) is 12.8. The Morgan fingerprint density at radius 1 is 1.23 bits per heavy atom. The molecule has 0 spiro atoms. The normalized spacial score (nSPS) is 10.1. The third-order valence-corrected chi connectivity index (χ3v) is 2.15. The second-order valence-electron chi connectivity index (χ2n) is 3.19. The van der Waals surface area contributed by atoms with Gasteiger partial charge in [0.15, 0.2) is 0 Å². The SMILES string of the molecule is CCCCCCN(CC)C(=O)CO. The lowest BCUT2D eigenvalue weighted by molar-refractivity contribution is -0.134. The van der Waals surface area contributed by atoms with E-state index in [9.17, 15) is 4.79 Å². The van der Waals surface area contributed by atoms with Crippen molar-refractivity contribution in [2.24, 2.45) is 0 Å². The zero-order valence-electron chi connectivity index (χ0n) is 8.75. The van der Waals surface area contributed by atoms with Gasteiger partial charge in [-0.25, -0.2) is 0 Å². The van der Waals surface area contributed by atoms with Gasteiger partial charge in [0, 0.05) is 13.1 Å². The molecule has 78 valence electrons. The zero-order chi connectivity index (χ0) is 10.1. The molecule has 3 nitrogen and oxygen atoms in total. The van der Waals surface area contributed by atoms with Crippen molar-refractivity contribution in [3.63, 3.8) is 0 Å². The molecule has 13 heavy (non-hydrogen) atoms. The maximum absolute atomic E-state index is 11.1. The van der Waals surface area contributed by atoms with Crippen LogP contribution in [0.15, 0.2) is 0 Å². The maximum atomic E-state index is 11.1. The van der Waals surface area contributed by atoms with Crippen LogP contribution in [-0.4, -0.2) is 35.6 Å². The minimum atomic E-state index is -0.360. The topological polar surface area (TPSA) is 40.5 Å². The van der Waals surface area contributed by atoms with Crippen molar-refractivity contribution in [3.05, 3.63) is 0 Å². The highest BCUT2D eigenvalue weighted by atomic mass is 16.3. The standard InChI is InChI=1S/C10H21NO2/c1-3-5-6-7-8-11(4-2)10(13)9-12/h12H,3-9H2,1-2H3. The molecule has 0 aliphatic heterocycles. The van der Waals surface area contributed by atoms with E-state index in [-0.39, 0.29) is 12.5 Å². The van der Waals surface area contributed by atoms with Crippen LogP contribution in [0.2, 0.25) is 0 Å². The summed E-state index contributed by atoms with van der Waals surface area (Å²) in [7, 11) is 0. The van der Waals surface area contributed by atoms with Crippen LogP contribution in [0.5, 0.6) is 0 Å². The molecule has 0 heterocycles. The van der Waals surface area contributed by atoms with Crippen LogP contribution in [0, 0.1) is 0 Å². The third-order valence-electron chi connectivity index (χ3n) is 2.15. The summed E-state index contributed by atoms with van der Waals surface area (Å²) >= 11 is 0. The van der Waals surface area contributed by atoms with Gasteiger partial charge in [0.25, 0.3) is 0 Å². The predicted molar refractivity (Wildman–Crippen MR) is 53.5 cm³/mol. The molecule has 0 aliphatic carbocycles. The number of carbonyl (C=O) groups is 1. The minimum absolute atomic E-state index is 0.154. The Hall–Kier alpha value is -0.570. The highest BCUT2D eigenvalue weighted by Gasteiger charge is 2.08. The van der Waals surface area contributed by atoms with E-state index in [2.05, 4.69) is 6.92 Å². The molecule has 1 N–H and O–H groups in total. The Labute approximate surface area is 80.7 Å². The average Bonchev–Trinajstić information content (AvgIpc) is 2.17. The Morgan fingerprint density at radius 3 is 2.38 bits per heavy atom. The molecule has 0 unspecified atom stereocenters. The van der Waals surface area contributed by atoms with Crippen molar-refractivity contribution in [2.45, 2.75) is 39.5 Å². The van der Waals surface area contributed by atoms with Crippen molar-refractivity contribution >= 4 is 5.91 Å². The maximum Gasteiger partial charge on any atom is 0.248 e. The number of aliphatic hydroxyl groups is 1. The number of carbonyl (C=O) groups excluding carboxylic acids is 1. The number of amides is 1. The van der Waals surface area contributed by atoms with Crippen molar-refractivity contribution in [1.29, 1.82) is 0 Å². The smallest absolute Gasteiger partial charge is 0.248 e. The zero-order valence-corrected chi connectivity index (χ0v) is 8.75. The van der Waals surface area contributed by atoms with E-state index in [1.54, 1.807) is 4.90 Å². The first-order chi connectivity index (χ1) is 6.26. The quantitative estimate of drug-likeness (QED) is 0.612. The van der Waals surface area contributed by atoms with Crippen LogP contribution in [0.3, 0.4) is 0 Å². The number of unbranched alkanes of at least 4 members (excludes halogenated alkanes) is 3. The lowest BCUT2D eigenvalue weighted by atomic mass is 10.2. The number of rotatable bonds is 7. The Balaban J connectivity index is 3.53. The molecule has 0 aromatic rings. The van der Waals surface area contributed by atoms with Gasteiger partial charge in [-0.2, -0.15) is 0 Å². The second-order valence-corrected chi connectivity index (χ2v) is 3.19. The molecule has 0 saturated carbocycles. The molecule has 0 aromatic carbocycles. The molecular formula is C10H21NO2. The molecule has 0 fully saturated rings. The Morgan fingerprint density at radius 2 is 1.92 bits per heavy atom. The third kappa shape index (κ3) is 5.64. The van der Waals surface area contributed by atoms with E-state index in [1.165, 1.54) is 19.3 Å². The van der Waals surface area contributed by atoms with E-state index in [0.29, 0.717) is 6.54 Å². The fraction of sp³-hybridized carbons (Fsp3) is 0.900. The first-order valence-electron chi connectivity index (χ1n) is 5.14. The molecule has 0 saturated heterocycles.